The zero-order chi connectivity index (χ0) is 15.2. The third kappa shape index (κ3) is 2.04. The van der Waals surface area contributed by atoms with Crippen LogP contribution >= 0.6 is 11.8 Å². The molecule has 0 fully saturated rings. The fraction of sp³-hybridized carbons (Fsp3) is 0.0556. The molecule has 4 nitrogen and oxygen atoms in total. The Kier molecular flexibility index (Phi) is 2.75. The summed E-state index contributed by atoms with van der Waals surface area (Å²) in [5.41, 5.74) is 6.25. The molecular weight excluding hydrogens is 304 g/mol. The molecule has 0 atom stereocenters. The third-order valence-corrected chi connectivity index (χ3v) is 5.04. The van der Waals surface area contributed by atoms with Crippen LogP contribution in [0, 0.1) is 0 Å². The SMILES string of the molecule is c1ccc(-c2cc3nc4c(cn3n2)CSc2ncccc2-4)cc1. The van der Waals surface area contributed by atoms with Crippen LogP contribution in [0.25, 0.3) is 28.2 Å². The van der Waals surface area contributed by atoms with Crippen LogP contribution in [-0.4, -0.2) is 19.6 Å². The van der Waals surface area contributed by atoms with Crippen LogP contribution in [0.1, 0.15) is 5.56 Å². The lowest BCUT2D eigenvalue weighted by Gasteiger charge is -2.16. The number of nitrogens with zero attached hydrogens (tertiary/aromatic N) is 4. The zero-order valence-corrected chi connectivity index (χ0v) is 13.0. The highest BCUT2D eigenvalue weighted by molar-refractivity contribution is 7.98. The van der Waals surface area contributed by atoms with Gasteiger partial charge in [0.05, 0.1) is 11.4 Å². The predicted octanol–water partition coefficient (Wildman–Crippen LogP) is 4.06. The van der Waals surface area contributed by atoms with E-state index in [0.717, 1.165) is 38.9 Å². The molecule has 0 amide bonds. The Balaban J connectivity index is 1.72. The average Bonchev–Trinajstić information content (AvgIpc) is 3.03. The van der Waals surface area contributed by atoms with Crippen molar-refractivity contribution in [2.45, 2.75) is 10.8 Å². The molecule has 0 saturated heterocycles. The maximum Gasteiger partial charge on any atom is 0.156 e. The summed E-state index contributed by atoms with van der Waals surface area (Å²) >= 11 is 1.75. The van der Waals surface area contributed by atoms with Gasteiger partial charge < -0.3 is 0 Å². The molecule has 0 saturated carbocycles. The molecule has 5 heteroatoms. The molecule has 0 unspecified atom stereocenters. The molecule has 5 rings (SSSR count). The van der Waals surface area contributed by atoms with Gasteiger partial charge in [-0.2, -0.15) is 5.10 Å². The van der Waals surface area contributed by atoms with Gasteiger partial charge in [-0.05, 0) is 12.1 Å². The summed E-state index contributed by atoms with van der Waals surface area (Å²) in [6.07, 6.45) is 3.93. The second-order valence-corrected chi connectivity index (χ2v) is 6.42. The molecule has 0 spiro atoms. The van der Waals surface area contributed by atoms with Crippen LogP contribution in [0.5, 0.6) is 0 Å². The van der Waals surface area contributed by atoms with Gasteiger partial charge in [0.15, 0.2) is 5.65 Å². The van der Waals surface area contributed by atoms with Crippen LogP contribution in [0.15, 0.2) is 66.0 Å². The summed E-state index contributed by atoms with van der Waals surface area (Å²) in [5.74, 6) is 0.878. The lowest BCUT2D eigenvalue weighted by Crippen LogP contribution is -2.03. The minimum absolute atomic E-state index is 0.865. The van der Waals surface area contributed by atoms with E-state index in [1.54, 1.807) is 11.8 Å². The van der Waals surface area contributed by atoms with E-state index in [-0.39, 0.29) is 0 Å². The van der Waals surface area contributed by atoms with Crippen molar-refractivity contribution < 1.29 is 0 Å². The number of hydrogen-bond acceptors (Lipinski definition) is 4. The number of thioether (sulfide) groups is 1. The number of rotatable bonds is 1. The van der Waals surface area contributed by atoms with Gasteiger partial charge in [0.25, 0.3) is 0 Å². The largest absolute Gasteiger partial charge is 0.249 e. The minimum atomic E-state index is 0.865. The predicted molar refractivity (Wildman–Crippen MR) is 91.2 cm³/mol. The lowest BCUT2D eigenvalue weighted by molar-refractivity contribution is 0.926. The van der Waals surface area contributed by atoms with Crippen molar-refractivity contribution in [1.82, 2.24) is 19.6 Å². The number of pyridine rings is 1. The Hall–Kier alpha value is -2.66. The first-order chi connectivity index (χ1) is 11.4. The van der Waals surface area contributed by atoms with Gasteiger partial charge in [0, 0.05) is 40.9 Å². The van der Waals surface area contributed by atoms with Gasteiger partial charge in [0.1, 0.15) is 5.03 Å². The van der Waals surface area contributed by atoms with Gasteiger partial charge in [0.2, 0.25) is 0 Å². The fourth-order valence-electron chi connectivity index (χ4n) is 2.88. The summed E-state index contributed by atoms with van der Waals surface area (Å²) in [4.78, 5) is 9.30. The van der Waals surface area contributed by atoms with E-state index in [9.17, 15) is 0 Å². The third-order valence-electron chi connectivity index (χ3n) is 3.98. The van der Waals surface area contributed by atoms with Crippen LogP contribution in [0.4, 0.5) is 0 Å². The molecule has 0 bridgehead atoms. The molecule has 0 aliphatic carbocycles. The topological polar surface area (TPSA) is 43.1 Å². The molecule has 1 aromatic carbocycles. The van der Waals surface area contributed by atoms with Crippen molar-refractivity contribution in [1.29, 1.82) is 0 Å². The van der Waals surface area contributed by atoms with Crippen LogP contribution < -0.4 is 0 Å². The van der Waals surface area contributed by atoms with Gasteiger partial charge in [-0.1, -0.05) is 30.3 Å². The van der Waals surface area contributed by atoms with E-state index in [4.69, 9.17) is 4.98 Å². The zero-order valence-electron chi connectivity index (χ0n) is 12.2. The first kappa shape index (κ1) is 12.8. The Morgan fingerprint density at radius 3 is 2.87 bits per heavy atom. The molecule has 110 valence electrons. The Morgan fingerprint density at radius 1 is 1.04 bits per heavy atom. The molecule has 23 heavy (non-hydrogen) atoms. The molecular formula is C18H12N4S. The highest BCUT2D eigenvalue weighted by atomic mass is 32.2. The number of benzene rings is 1. The van der Waals surface area contributed by atoms with Crippen molar-refractivity contribution in [2.75, 3.05) is 0 Å². The highest BCUT2D eigenvalue weighted by Crippen LogP contribution is 2.39. The first-order valence-corrected chi connectivity index (χ1v) is 8.40. The summed E-state index contributed by atoms with van der Waals surface area (Å²) in [5, 5.41) is 5.73. The Bertz CT molecular complexity index is 1020. The maximum absolute atomic E-state index is 4.85. The lowest BCUT2D eigenvalue weighted by atomic mass is 10.1. The number of aromatic nitrogens is 4. The first-order valence-electron chi connectivity index (χ1n) is 7.41. The standard InChI is InChI=1S/C18H12N4S/c1-2-5-12(6-3-1)15-9-16-20-17-13(10-22(16)21-15)11-23-18-14(17)7-4-8-19-18/h1-10H,11H2. The molecule has 0 N–H and O–H groups in total. The van der Waals surface area contributed by atoms with E-state index in [0.29, 0.717) is 0 Å². The summed E-state index contributed by atoms with van der Waals surface area (Å²) < 4.78 is 1.88. The monoisotopic (exact) mass is 316 g/mol. The van der Waals surface area contributed by atoms with Crippen molar-refractivity contribution in [2.24, 2.45) is 0 Å². The molecule has 4 heterocycles. The highest BCUT2D eigenvalue weighted by Gasteiger charge is 2.20. The normalized spacial score (nSPS) is 12.9. The van der Waals surface area contributed by atoms with Crippen LogP contribution in [0.2, 0.25) is 0 Å². The van der Waals surface area contributed by atoms with E-state index in [1.165, 1.54) is 5.56 Å². The number of fused-ring (bicyclic) bond motifs is 4. The molecule has 4 aromatic rings. The van der Waals surface area contributed by atoms with Crippen molar-refractivity contribution in [3.05, 3.63) is 66.5 Å². The van der Waals surface area contributed by atoms with Gasteiger partial charge in [-0.25, -0.2) is 14.5 Å². The second-order valence-electron chi connectivity index (χ2n) is 5.46. The molecule has 1 aliphatic heterocycles. The average molecular weight is 316 g/mol. The fourth-order valence-corrected chi connectivity index (χ4v) is 3.84. The van der Waals surface area contributed by atoms with E-state index in [2.05, 4.69) is 34.5 Å². The van der Waals surface area contributed by atoms with E-state index < -0.39 is 0 Å². The summed E-state index contributed by atoms with van der Waals surface area (Å²) in [6.45, 7) is 0. The van der Waals surface area contributed by atoms with Crippen molar-refractivity contribution >= 4 is 17.4 Å². The van der Waals surface area contributed by atoms with Crippen LogP contribution in [-0.2, 0) is 5.75 Å². The summed E-state index contributed by atoms with van der Waals surface area (Å²) in [7, 11) is 0. The molecule has 3 aromatic heterocycles. The quantitative estimate of drug-likeness (QED) is 0.531. The van der Waals surface area contributed by atoms with Crippen molar-refractivity contribution in [3.63, 3.8) is 0 Å². The molecule has 1 aliphatic rings. The van der Waals surface area contributed by atoms with Crippen LogP contribution in [0.3, 0.4) is 0 Å². The Morgan fingerprint density at radius 2 is 1.96 bits per heavy atom. The van der Waals surface area contributed by atoms with Gasteiger partial charge in [-0.3, -0.25) is 0 Å². The van der Waals surface area contributed by atoms with Gasteiger partial charge in [-0.15, -0.1) is 11.8 Å². The minimum Gasteiger partial charge on any atom is -0.249 e. The Labute approximate surface area is 137 Å². The van der Waals surface area contributed by atoms with Crippen molar-refractivity contribution in [3.8, 4) is 22.5 Å². The molecule has 0 radical (unpaired) electrons. The van der Waals surface area contributed by atoms with Gasteiger partial charge >= 0.3 is 0 Å². The maximum atomic E-state index is 4.85. The summed E-state index contributed by atoms with van der Waals surface area (Å²) in [6, 6.07) is 16.3. The number of hydrogen-bond donors (Lipinski definition) is 0. The smallest absolute Gasteiger partial charge is 0.156 e. The second kappa shape index (κ2) is 4.93. The van der Waals surface area contributed by atoms with E-state index >= 15 is 0 Å². The van der Waals surface area contributed by atoms with E-state index in [1.807, 2.05) is 41.0 Å².